The van der Waals surface area contributed by atoms with Gasteiger partial charge >= 0.3 is 0 Å². The number of hydrogen-bond acceptors (Lipinski definition) is 6. The third kappa shape index (κ3) is 3.70. The average molecular weight is 371 g/mol. The molecule has 1 amide bonds. The molecule has 0 N–H and O–H groups in total. The predicted molar refractivity (Wildman–Crippen MR) is 101 cm³/mol. The van der Waals surface area contributed by atoms with Crippen molar-refractivity contribution in [1.82, 2.24) is 10.1 Å². The predicted octanol–water partition coefficient (Wildman–Crippen LogP) is 2.43. The van der Waals surface area contributed by atoms with Crippen molar-refractivity contribution in [3.63, 3.8) is 0 Å². The fraction of sp³-hybridized carbons (Fsp3) is 0.500. The Kier molecular flexibility index (Phi) is 5.40. The molecule has 0 aliphatic carbocycles. The van der Waals surface area contributed by atoms with Crippen LogP contribution in [0.15, 0.2) is 34.9 Å². The highest BCUT2D eigenvalue weighted by Crippen LogP contribution is 2.33. The lowest BCUT2D eigenvalue weighted by Crippen LogP contribution is -2.44. The summed E-state index contributed by atoms with van der Waals surface area (Å²) in [5, 5.41) is 4.29. The first kappa shape index (κ1) is 18.0. The molecular weight excluding hydrogens is 346 g/mol. The van der Waals surface area contributed by atoms with Gasteiger partial charge in [0.2, 0.25) is 0 Å². The molecule has 2 aliphatic rings. The molecule has 0 bridgehead atoms. The van der Waals surface area contributed by atoms with Gasteiger partial charge in [0.05, 0.1) is 19.3 Å². The molecular formula is C20H25N3O4. The second-order valence-corrected chi connectivity index (χ2v) is 6.93. The minimum atomic E-state index is -0.0432. The van der Waals surface area contributed by atoms with Gasteiger partial charge in [0, 0.05) is 38.9 Å². The van der Waals surface area contributed by atoms with E-state index >= 15 is 0 Å². The second-order valence-electron chi connectivity index (χ2n) is 6.93. The number of aromatic nitrogens is 1. The first-order valence-electron chi connectivity index (χ1n) is 9.48. The molecule has 27 heavy (non-hydrogen) atoms. The van der Waals surface area contributed by atoms with Crippen LogP contribution in [0.4, 0.5) is 5.82 Å². The number of anilines is 1. The van der Waals surface area contributed by atoms with Gasteiger partial charge in [-0.05, 0) is 12.8 Å². The van der Waals surface area contributed by atoms with Crippen LogP contribution in [0, 0.1) is 0 Å². The van der Waals surface area contributed by atoms with Gasteiger partial charge in [-0.1, -0.05) is 35.5 Å². The largest absolute Gasteiger partial charge is 0.380 e. The number of methoxy groups -OCH3 is 1. The summed E-state index contributed by atoms with van der Waals surface area (Å²) in [4.78, 5) is 17.4. The third-order valence-corrected chi connectivity index (χ3v) is 5.23. The molecule has 2 aliphatic heterocycles. The van der Waals surface area contributed by atoms with E-state index in [1.807, 2.05) is 35.2 Å². The molecule has 4 rings (SSSR count). The summed E-state index contributed by atoms with van der Waals surface area (Å²) in [5.74, 6) is 1.10. The van der Waals surface area contributed by atoms with Crippen molar-refractivity contribution in [1.29, 1.82) is 0 Å². The maximum atomic E-state index is 13.5. The fourth-order valence-corrected chi connectivity index (χ4v) is 3.73. The summed E-state index contributed by atoms with van der Waals surface area (Å²) in [7, 11) is 1.70. The molecule has 2 saturated heterocycles. The van der Waals surface area contributed by atoms with Crippen molar-refractivity contribution in [2.24, 2.45) is 0 Å². The number of likely N-dealkylation sites (tertiary alicyclic amines) is 1. The number of piperidine rings is 1. The molecule has 144 valence electrons. The van der Waals surface area contributed by atoms with Crippen LogP contribution < -0.4 is 4.90 Å². The normalized spacial score (nSPS) is 20.7. The van der Waals surface area contributed by atoms with Gasteiger partial charge in [-0.15, -0.1) is 0 Å². The van der Waals surface area contributed by atoms with Crippen molar-refractivity contribution < 1.29 is 18.8 Å². The standard InChI is InChI=1S/C20H25N3O4/c1-25-16-8-5-9-23(14-16)20(24)17-18(15-6-3-2-4-7-15)27-21-19(17)22-10-12-26-13-11-22/h2-4,6-7,16H,5,8-14H2,1H3. The minimum absolute atomic E-state index is 0.0432. The topological polar surface area (TPSA) is 68.0 Å². The molecule has 0 radical (unpaired) electrons. The van der Waals surface area contributed by atoms with E-state index in [9.17, 15) is 4.79 Å². The molecule has 1 aromatic heterocycles. The Bertz CT molecular complexity index is 771. The van der Waals surface area contributed by atoms with Crippen LogP contribution in [0.25, 0.3) is 11.3 Å². The van der Waals surface area contributed by atoms with Crippen molar-refractivity contribution in [2.45, 2.75) is 18.9 Å². The zero-order valence-electron chi connectivity index (χ0n) is 15.6. The van der Waals surface area contributed by atoms with Crippen LogP contribution in [-0.4, -0.2) is 68.6 Å². The highest BCUT2D eigenvalue weighted by molar-refractivity contribution is 6.04. The maximum Gasteiger partial charge on any atom is 0.261 e. The fourth-order valence-electron chi connectivity index (χ4n) is 3.73. The van der Waals surface area contributed by atoms with E-state index in [2.05, 4.69) is 10.1 Å². The number of ether oxygens (including phenoxy) is 2. The van der Waals surface area contributed by atoms with Crippen molar-refractivity contribution in [3.05, 3.63) is 35.9 Å². The Morgan fingerprint density at radius 1 is 1.19 bits per heavy atom. The molecule has 1 atom stereocenters. The SMILES string of the molecule is COC1CCCN(C(=O)c2c(N3CCOCC3)noc2-c2ccccc2)C1. The Hall–Kier alpha value is -2.38. The van der Waals surface area contributed by atoms with Crippen molar-refractivity contribution in [2.75, 3.05) is 51.4 Å². The highest BCUT2D eigenvalue weighted by atomic mass is 16.5. The van der Waals surface area contributed by atoms with Gasteiger partial charge in [0.15, 0.2) is 11.6 Å². The number of carbonyl (C=O) groups is 1. The van der Waals surface area contributed by atoms with Crippen LogP contribution in [0.5, 0.6) is 0 Å². The van der Waals surface area contributed by atoms with Gasteiger partial charge in [0.25, 0.3) is 5.91 Å². The lowest BCUT2D eigenvalue weighted by atomic mass is 10.0. The van der Waals surface area contributed by atoms with E-state index in [-0.39, 0.29) is 12.0 Å². The molecule has 0 saturated carbocycles. The first-order valence-corrected chi connectivity index (χ1v) is 9.48. The van der Waals surface area contributed by atoms with Gasteiger partial charge in [0.1, 0.15) is 5.56 Å². The van der Waals surface area contributed by atoms with Gasteiger partial charge < -0.3 is 23.8 Å². The lowest BCUT2D eigenvalue weighted by molar-refractivity contribution is 0.0269. The van der Waals surface area contributed by atoms with Crippen LogP contribution in [0.2, 0.25) is 0 Å². The summed E-state index contributed by atoms with van der Waals surface area (Å²) < 4.78 is 16.6. The quantitative estimate of drug-likeness (QED) is 0.822. The number of rotatable bonds is 4. The Morgan fingerprint density at radius 3 is 2.70 bits per heavy atom. The van der Waals surface area contributed by atoms with Crippen LogP contribution in [0.3, 0.4) is 0 Å². The summed E-state index contributed by atoms with van der Waals surface area (Å²) in [6.45, 7) is 3.95. The third-order valence-electron chi connectivity index (χ3n) is 5.23. The second kappa shape index (κ2) is 8.10. The minimum Gasteiger partial charge on any atom is -0.380 e. The first-order chi connectivity index (χ1) is 13.3. The molecule has 7 heteroatoms. The van der Waals surface area contributed by atoms with Crippen molar-refractivity contribution in [3.8, 4) is 11.3 Å². The summed E-state index contributed by atoms with van der Waals surface area (Å²) in [5.41, 5.74) is 1.40. The van der Waals surface area contributed by atoms with E-state index in [1.165, 1.54) is 0 Å². The molecule has 0 spiro atoms. The number of benzene rings is 1. The van der Waals surface area contributed by atoms with E-state index in [4.69, 9.17) is 14.0 Å². The monoisotopic (exact) mass is 371 g/mol. The number of hydrogen-bond donors (Lipinski definition) is 0. The summed E-state index contributed by atoms with van der Waals surface area (Å²) in [6, 6.07) is 9.69. The Labute approximate surface area is 158 Å². The van der Waals surface area contributed by atoms with Gasteiger partial charge in [-0.2, -0.15) is 0 Å². The zero-order chi connectivity index (χ0) is 18.6. The number of amides is 1. The van der Waals surface area contributed by atoms with E-state index in [0.717, 1.165) is 24.9 Å². The number of carbonyl (C=O) groups excluding carboxylic acids is 1. The Balaban J connectivity index is 1.71. The molecule has 1 unspecified atom stereocenters. The van der Waals surface area contributed by atoms with E-state index < -0.39 is 0 Å². The Morgan fingerprint density at radius 2 is 1.96 bits per heavy atom. The van der Waals surface area contributed by atoms with Crippen LogP contribution >= 0.6 is 0 Å². The van der Waals surface area contributed by atoms with Crippen LogP contribution in [0.1, 0.15) is 23.2 Å². The van der Waals surface area contributed by atoms with Gasteiger partial charge in [-0.3, -0.25) is 4.79 Å². The van der Waals surface area contributed by atoms with Gasteiger partial charge in [-0.25, -0.2) is 0 Å². The van der Waals surface area contributed by atoms with E-state index in [1.54, 1.807) is 7.11 Å². The van der Waals surface area contributed by atoms with Crippen LogP contribution in [-0.2, 0) is 9.47 Å². The highest BCUT2D eigenvalue weighted by Gasteiger charge is 2.33. The summed E-state index contributed by atoms with van der Waals surface area (Å²) >= 11 is 0. The smallest absolute Gasteiger partial charge is 0.261 e. The molecule has 3 heterocycles. The maximum absolute atomic E-state index is 13.5. The number of nitrogens with zero attached hydrogens (tertiary/aromatic N) is 3. The lowest BCUT2D eigenvalue weighted by Gasteiger charge is -2.33. The van der Waals surface area contributed by atoms with E-state index in [0.29, 0.717) is 50.0 Å². The molecule has 7 nitrogen and oxygen atoms in total. The zero-order valence-corrected chi connectivity index (χ0v) is 15.6. The molecule has 1 aromatic carbocycles. The van der Waals surface area contributed by atoms with Crippen molar-refractivity contribution >= 4 is 11.7 Å². The molecule has 2 fully saturated rings. The average Bonchev–Trinajstić information content (AvgIpc) is 3.19. The number of morpholine rings is 1. The molecule has 2 aromatic rings. The summed E-state index contributed by atoms with van der Waals surface area (Å²) in [6.07, 6.45) is 1.99.